The number of nitrogens with zero attached hydrogens (tertiary/aromatic N) is 2. The third-order valence-corrected chi connectivity index (χ3v) is 2.49. The number of nitrogens with one attached hydrogen (secondary N) is 1. The SMILES string of the molecule is N#Cc1ccccc1Nc1cccc(F)c1[N+](=O)[O-]. The van der Waals surface area contributed by atoms with Gasteiger partial charge in [-0.2, -0.15) is 9.65 Å². The molecule has 0 aromatic heterocycles. The van der Waals surface area contributed by atoms with Crippen molar-refractivity contribution in [3.05, 3.63) is 64.0 Å². The van der Waals surface area contributed by atoms with Crippen LogP contribution in [-0.2, 0) is 0 Å². The number of rotatable bonds is 3. The van der Waals surface area contributed by atoms with Gasteiger partial charge in [0.2, 0.25) is 5.82 Å². The molecular weight excluding hydrogens is 249 g/mol. The lowest BCUT2D eigenvalue weighted by molar-refractivity contribution is -0.386. The standard InChI is InChI=1S/C13H8FN3O2/c14-10-5-3-7-12(13(10)17(18)19)16-11-6-2-1-4-9(11)8-15/h1-7,16H. The third-order valence-electron chi connectivity index (χ3n) is 2.49. The van der Waals surface area contributed by atoms with E-state index in [1.165, 1.54) is 12.1 Å². The lowest BCUT2D eigenvalue weighted by Crippen LogP contribution is -2.00. The number of nitriles is 1. The van der Waals surface area contributed by atoms with Gasteiger partial charge in [-0.05, 0) is 24.3 Å². The van der Waals surface area contributed by atoms with Crippen molar-refractivity contribution < 1.29 is 9.31 Å². The number of halogens is 1. The average Bonchev–Trinajstić information content (AvgIpc) is 2.39. The molecule has 6 heteroatoms. The molecule has 0 amide bonds. The molecule has 2 aromatic rings. The number of hydrogen-bond acceptors (Lipinski definition) is 4. The molecule has 5 nitrogen and oxygen atoms in total. The van der Waals surface area contributed by atoms with Crippen LogP contribution in [0, 0.1) is 27.3 Å². The summed E-state index contributed by atoms with van der Waals surface area (Å²) in [6.07, 6.45) is 0. The molecule has 0 atom stereocenters. The number of nitro groups is 1. The predicted octanol–water partition coefficient (Wildman–Crippen LogP) is 3.35. The molecule has 0 fully saturated rings. The first-order valence-electron chi connectivity index (χ1n) is 5.32. The molecule has 2 rings (SSSR count). The normalized spacial score (nSPS) is 9.68. The summed E-state index contributed by atoms with van der Waals surface area (Å²) in [5.74, 6) is -0.926. The summed E-state index contributed by atoms with van der Waals surface area (Å²) in [7, 11) is 0. The van der Waals surface area contributed by atoms with E-state index in [2.05, 4.69) is 5.32 Å². The van der Waals surface area contributed by atoms with Gasteiger partial charge in [-0.1, -0.05) is 18.2 Å². The molecule has 0 saturated carbocycles. The molecule has 0 saturated heterocycles. The van der Waals surface area contributed by atoms with Crippen LogP contribution in [0.25, 0.3) is 0 Å². The lowest BCUT2D eigenvalue weighted by Gasteiger charge is -2.08. The first-order chi connectivity index (χ1) is 9.13. The van der Waals surface area contributed by atoms with Crippen LogP contribution in [0.2, 0.25) is 0 Å². The summed E-state index contributed by atoms with van der Waals surface area (Å²) in [4.78, 5) is 10.0. The Bertz CT molecular complexity index is 680. The second-order valence-corrected chi connectivity index (χ2v) is 3.68. The van der Waals surface area contributed by atoms with E-state index in [-0.39, 0.29) is 5.69 Å². The predicted molar refractivity (Wildman–Crippen MR) is 67.5 cm³/mol. The van der Waals surface area contributed by atoms with Crippen LogP contribution in [0.3, 0.4) is 0 Å². The van der Waals surface area contributed by atoms with Crippen LogP contribution in [0.1, 0.15) is 5.56 Å². The Balaban J connectivity index is 2.48. The first-order valence-corrected chi connectivity index (χ1v) is 5.32. The number of para-hydroxylation sites is 2. The van der Waals surface area contributed by atoms with Gasteiger partial charge in [0, 0.05) is 0 Å². The van der Waals surface area contributed by atoms with Crippen molar-refractivity contribution in [3.8, 4) is 6.07 Å². The van der Waals surface area contributed by atoms with Crippen LogP contribution in [0.15, 0.2) is 42.5 Å². The van der Waals surface area contributed by atoms with Crippen molar-refractivity contribution in [2.75, 3.05) is 5.32 Å². The number of benzene rings is 2. The van der Waals surface area contributed by atoms with E-state index in [0.29, 0.717) is 11.3 Å². The van der Waals surface area contributed by atoms with Crippen LogP contribution < -0.4 is 5.32 Å². The summed E-state index contributed by atoms with van der Waals surface area (Å²) < 4.78 is 13.4. The molecule has 0 aliphatic heterocycles. The van der Waals surface area contributed by atoms with E-state index in [4.69, 9.17) is 5.26 Å². The number of hydrogen-bond donors (Lipinski definition) is 1. The second-order valence-electron chi connectivity index (χ2n) is 3.68. The summed E-state index contributed by atoms with van der Waals surface area (Å²) in [5, 5.41) is 22.5. The van der Waals surface area contributed by atoms with Gasteiger partial charge in [0.15, 0.2) is 0 Å². The maximum absolute atomic E-state index is 13.4. The van der Waals surface area contributed by atoms with Gasteiger partial charge in [-0.15, -0.1) is 0 Å². The maximum atomic E-state index is 13.4. The van der Waals surface area contributed by atoms with Gasteiger partial charge in [0.25, 0.3) is 0 Å². The van der Waals surface area contributed by atoms with Gasteiger partial charge in [0.1, 0.15) is 11.8 Å². The minimum Gasteiger partial charge on any atom is -0.349 e. The summed E-state index contributed by atoms with van der Waals surface area (Å²) in [6, 6.07) is 12.2. The molecule has 0 aliphatic rings. The third kappa shape index (κ3) is 2.50. The van der Waals surface area contributed by atoms with E-state index in [0.717, 1.165) is 6.07 Å². The smallest absolute Gasteiger partial charge is 0.327 e. The highest BCUT2D eigenvalue weighted by Gasteiger charge is 2.20. The average molecular weight is 257 g/mol. The molecule has 0 aliphatic carbocycles. The number of anilines is 2. The molecule has 1 N–H and O–H groups in total. The van der Waals surface area contributed by atoms with Crippen molar-refractivity contribution in [2.45, 2.75) is 0 Å². The van der Waals surface area contributed by atoms with Crippen LogP contribution in [0.4, 0.5) is 21.5 Å². The van der Waals surface area contributed by atoms with Crippen molar-refractivity contribution >= 4 is 17.1 Å². The second kappa shape index (κ2) is 5.14. The molecule has 19 heavy (non-hydrogen) atoms. The highest BCUT2D eigenvalue weighted by molar-refractivity contribution is 5.73. The quantitative estimate of drug-likeness (QED) is 0.675. The largest absolute Gasteiger partial charge is 0.349 e. The Morgan fingerprint density at radius 2 is 1.84 bits per heavy atom. The Labute approximate surface area is 108 Å². The van der Waals surface area contributed by atoms with E-state index in [1.54, 1.807) is 24.3 Å². The Morgan fingerprint density at radius 1 is 1.16 bits per heavy atom. The molecule has 0 spiro atoms. The Kier molecular flexibility index (Phi) is 3.39. The highest BCUT2D eigenvalue weighted by Crippen LogP contribution is 2.30. The van der Waals surface area contributed by atoms with Crippen molar-refractivity contribution in [3.63, 3.8) is 0 Å². The zero-order chi connectivity index (χ0) is 13.8. The summed E-state index contributed by atoms with van der Waals surface area (Å²) >= 11 is 0. The Morgan fingerprint density at radius 3 is 2.53 bits per heavy atom. The fourth-order valence-corrected chi connectivity index (χ4v) is 1.64. The molecule has 0 heterocycles. The zero-order valence-electron chi connectivity index (χ0n) is 9.63. The molecular formula is C13H8FN3O2. The van der Waals surface area contributed by atoms with E-state index in [9.17, 15) is 14.5 Å². The van der Waals surface area contributed by atoms with Gasteiger partial charge >= 0.3 is 5.69 Å². The van der Waals surface area contributed by atoms with Crippen molar-refractivity contribution in [2.24, 2.45) is 0 Å². The molecule has 0 bridgehead atoms. The van der Waals surface area contributed by atoms with Crippen LogP contribution in [-0.4, -0.2) is 4.92 Å². The topological polar surface area (TPSA) is 79.0 Å². The van der Waals surface area contributed by atoms with Crippen molar-refractivity contribution in [1.82, 2.24) is 0 Å². The molecule has 94 valence electrons. The molecule has 2 aromatic carbocycles. The molecule has 0 radical (unpaired) electrons. The van der Waals surface area contributed by atoms with Gasteiger partial charge in [-0.3, -0.25) is 10.1 Å². The zero-order valence-corrected chi connectivity index (χ0v) is 9.63. The van der Waals surface area contributed by atoms with Crippen molar-refractivity contribution in [1.29, 1.82) is 5.26 Å². The summed E-state index contributed by atoms with van der Waals surface area (Å²) in [6.45, 7) is 0. The maximum Gasteiger partial charge on any atom is 0.327 e. The van der Waals surface area contributed by atoms with E-state index in [1.807, 2.05) is 6.07 Å². The first kappa shape index (κ1) is 12.5. The van der Waals surface area contributed by atoms with Gasteiger partial charge in [-0.25, -0.2) is 0 Å². The summed E-state index contributed by atoms with van der Waals surface area (Å²) in [5.41, 5.74) is 0.0719. The highest BCUT2D eigenvalue weighted by atomic mass is 19.1. The molecule has 0 unspecified atom stereocenters. The minimum atomic E-state index is -0.926. The van der Waals surface area contributed by atoms with Crippen LogP contribution >= 0.6 is 0 Å². The van der Waals surface area contributed by atoms with Gasteiger partial charge in [0.05, 0.1) is 16.2 Å². The Hall–Kier alpha value is -2.94. The fraction of sp³-hybridized carbons (Fsp3) is 0. The fourth-order valence-electron chi connectivity index (χ4n) is 1.64. The lowest BCUT2D eigenvalue weighted by atomic mass is 10.2. The van der Waals surface area contributed by atoms with E-state index < -0.39 is 16.4 Å². The van der Waals surface area contributed by atoms with Crippen LogP contribution in [0.5, 0.6) is 0 Å². The van der Waals surface area contributed by atoms with Gasteiger partial charge < -0.3 is 5.32 Å². The monoisotopic (exact) mass is 257 g/mol. The van der Waals surface area contributed by atoms with E-state index >= 15 is 0 Å². The number of nitro benzene ring substituents is 1. The minimum absolute atomic E-state index is 0.00713.